The first-order chi connectivity index (χ1) is 9.38. The van der Waals surface area contributed by atoms with Gasteiger partial charge in [0.1, 0.15) is 12.4 Å². The van der Waals surface area contributed by atoms with Crippen LogP contribution < -0.4 is 10.5 Å². The average Bonchev–Trinajstić information content (AvgIpc) is 2.41. The fraction of sp³-hybridized carbons (Fsp3) is 0.647. The summed E-state index contributed by atoms with van der Waals surface area (Å²) in [5.41, 5.74) is 8.40. The Labute approximate surface area is 124 Å². The predicted octanol–water partition coefficient (Wildman–Crippen LogP) is 2.99. The summed E-state index contributed by atoms with van der Waals surface area (Å²) in [7, 11) is 0. The number of hydrogen-bond acceptors (Lipinski definition) is 3. The van der Waals surface area contributed by atoms with Crippen LogP contribution in [0, 0.1) is 19.3 Å². The van der Waals surface area contributed by atoms with Crippen LogP contribution in [0.1, 0.15) is 31.9 Å². The van der Waals surface area contributed by atoms with Crippen LogP contribution in [-0.4, -0.2) is 37.7 Å². The van der Waals surface area contributed by atoms with Crippen LogP contribution in [0.2, 0.25) is 0 Å². The Morgan fingerprint density at radius 2 is 1.95 bits per heavy atom. The quantitative estimate of drug-likeness (QED) is 0.794. The fourth-order valence-corrected chi connectivity index (χ4v) is 2.17. The van der Waals surface area contributed by atoms with Gasteiger partial charge in [0.15, 0.2) is 0 Å². The summed E-state index contributed by atoms with van der Waals surface area (Å²) in [6.07, 6.45) is 0. The number of nitrogens with two attached hydrogens (primary N) is 1. The second kappa shape index (κ2) is 7.65. The Morgan fingerprint density at radius 1 is 1.25 bits per heavy atom. The zero-order chi connectivity index (χ0) is 15.2. The van der Waals surface area contributed by atoms with E-state index in [1.54, 1.807) is 0 Å². The lowest BCUT2D eigenvalue weighted by atomic mass is 9.93. The summed E-state index contributed by atoms with van der Waals surface area (Å²) >= 11 is 0. The first kappa shape index (κ1) is 17.0. The number of benzene rings is 1. The van der Waals surface area contributed by atoms with Crippen molar-refractivity contribution in [2.45, 2.75) is 34.6 Å². The predicted molar refractivity (Wildman–Crippen MR) is 86.4 cm³/mol. The van der Waals surface area contributed by atoms with Gasteiger partial charge >= 0.3 is 0 Å². The number of rotatable bonds is 8. The van der Waals surface area contributed by atoms with E-state index in [0.717, 1.165) is 32.0 Å². The summed E-state index contributed by atoms with van der Waals surface area (Å²) in [4.78, 5) is 2.40. The van der Waals surface area contributed by atoms with Gasteiger partial charge in [0.2, 0.25) is 0 Å². The minimum Gasteiger partial charge on any atom is -0.492 e. The third-order valence-electron chi connectivity index (χ3n) is 3.66. The van der Waals surface area contributed by atoms with Crippen molar-refractivity contribution < 1.29 is 4.74 Å². The van der Waals surface area contributed by atoms with Gasteiger partial charge in [0.05, 0.1) is 0 Å². The molecule has 0 aliphatic rings. The lowest BCUT2D eigenvalue weighted by Gasteiger charge is -2.31. The van der Waals surface area contributed by atoms with Crippen LogP contribution in [0.3, 0.4) is 0 Å². The lowest BCUT2D eigenvalue weighted by Crippen LogP contribution is -2.40. The molecule has 0 heterocycles. The minimum absolute atomic E-state index is 0.162. The van der Waals surface area contributed by atoms with E-state index in [-0.39, 0.29) is 5.41 Å². The van der Waals surface area contributed by atoms with Crippen LogP contribution in [0.4, 0.5) is 0 Å². The fourth-order valence-electron chi connectivity index (χ4n) is 2.17. The molecule has 2 N–H and O–H groups in total. The van der Waals surface area contributed by atoms with E-state index in [2.05, 4.69) is 57.7 Å². The largest absolute Gasteiger partial charge is 0.492 e. The third kappa shape index (κ3) is 5.51. The summed E-state index contributed by atoms with van der Waals surface area (Å²) in [5, 5.41) is 0. The maximum Gasteiger partial charge on any atom is 0.122 e. The standard InChI is InChI=1S/C17H30N2O/c1-6-19(13-17(4,5)12-18)9-10-20-16-11-14(2)7-8-15(16)3/h7-8,11H,6,9-10,12-13,18H2,1-5H3. The van der Waals surface area contributed by atoms with Crippen molar-refractivity contribution in [2.75, 3.05) is 32.8 Å². The van der Waals surface area contributed by atoms with Crippen molar-refractivity contribution in [1.82, 2.24) is 4.90 Å². The molecule has 0 saturated carbocycles. The number of likely N-dealkylation sites (N-methyl/N-ethyl adjacent to an activating group) is 1. The molecule has 3 nitrogen and oxygen atoms in total. The molecular formula is C17H30N2O. The Kier molecular flexibility index (Phi) is 6.50. The highest BCUT2D eigenvalue weighted by atomic mass is 16.5. The third-order valence-corrected chi connectivity index (χ3v) is 3.66. The molecule has 0 saturated heterocycles. The van der Waals surface area contributed by atoms with Crippen molar-refractivity contribution in [3.05, 3.63) is 29.3 Å². The summed E-state index contributed by atoms with van der Waals surface area (Å²) < 4.78 is 5.93. The number of nitrogens with zero attached hydrogens (tertiary/aromatic N) is 1. The molecule has 0 radical (unpaired) electrons. The summed E-state index contributed by atoms with van der Waals surface area (Å²) in [6.45, 7) is 15.2. The minimum atomic E-state index is 0.162. The van der Waals surface area contributed by atoms with Gasteiger partial charge in [-0.05, 0) is 49.5 Å². The normalized spacial score (nSPS) is 11.9. The van der Waals surface area contributed by atoms with E-state index in [4.69, 9.17) is 10.5 Å². The highest BCUT2D eigenvalue weighted by Gasteiger charge is 2.19. The van der Waals surface area contributed by atoms with Gasteiger partial charge < -0.3 is 10.5 Å². The Bertz CT molecular complexity index is 415. The maximum absolute atomic E-state index is 5.93. The van der Waals surface area contributed by atoms with Crippen LogP contribution >= 0.6 is 0 Å². The van der Waals surface area contributed by atoms with Crippen molar-refractivity contribution in [2.24, 2.45) is 11.1 Å². The molecule has 0 fully saturated rings. The van der Waals surface area contributed by atoms with E-state index in [9.17, 15) is 0 Å². The summed E-state index contributed by atoms with van der Waals surface area (Å²) in [5.74, 6) is 0.999. The first-order valence-corrected chi connectivity index (χ1v) is 7.50. The van der Waals surface area contributed by atoms with Gasteiger partial charge in [-0.2, -0.15) is 0 Å². The molecule has 114 valence electrons. The molecule has 3 heteroatoms. The van der Waals surface area contributed by atoms with Gasteiger partial charge in [-0.25, -0.2) is 0 Å². The second-order valence-electron chi connectivity index (χ2n) is 6.35. The van der Waals surface area contributed by atoms with E-state index in [1.807, 2.05) is 0 Å². The van der Waals surface area contributed by atoms with Crippen LogP contribution in [-0.2, 0) is 0 Å². The molecule has 0 bridgehead atoms. The van der Waals surface area contributed by atoms with Crippen LogP contribution in [0.25, 0.3) is 0 Å². The zero-order valence-corrected chi connectivity index (χ0v) is 13.7. The van der Waals surface area contributed by atoms with Crippen LogP contribution in [0.5, 0.6) is 5.75 Å². The van der Waals surface area contributed by atoms with Crippen molar-refractivity contribution >= 4 is 0 Å². The molecule has 0 atom stereocenters. The molecule has 0 aliphatic heterocycles. The van der Waals surface area contributed by atoms with Gasteiger partial charge in [-0.3, -0.25) is 4.90 Å². The molecule has 1 rings (SSSR count). The number of aryl methyl sites for hydroxylation is 2. The Balaban J connectivity index is 2.47. The Hall–Kier alpha value is -1.06. The second-order valence-corrected chi connectivity index (χ2v) is 6.35. The molecule has 0 amide bonds. The molecule has 0 unspecified atom stereocenters. The summed E-state index contributed by atoms with van der Waals surface area (Å²) in [6, 6.07) is 6.33. The smallest absolute Gasteiger partial charge is 0.122 e. The van der Waals surface area contributed by atoms with Crippen LogP contribution in [0.15, 0.2) is 18.2 Å². The number of ether oxygens (including phenoxy) is 1. The van der Waals surface area contributed by atoms with Crippen molar-refractivity contribution in [3.63, 3.8) is 0 Å². The maximum atomic E-state index is 5.93. The van der Waals surface area contributed by atoms with Crippen molar-refractivity contribution in [3.8, 4) is 5.75 Å². The van der Waals surface area contributed by atoms with Crippen molar-refractivity contribution in [1.29, 1.82) is 0 Å². The first-order valence-electron chi connectivity index (χ1n) is 7.50. The molecular weight excluding hydrogens is 248 g/mol. The van der Waals surface area contributed by atoms with Gasteiger partial charge in [-0.1, -0.05) is 32.9 Å². The molecule has 0 aliphatic carbocycles. The SMILES string of the molecule is CCN(CCOc1cc(C)ccc1C)CC(C)(C)CN. The Morgan fingerprint density at radius 3 is 2.55 bits per heavy atom. The molecule has 1 aromatic rings. The molecule has 0 aromatic heterocycles. The monoisotopic (exact) mass is 278 g/mol. The average molecular weight is 278 g/mol. The van der Waals surface area contributed by atoms with E-state index >= 15 is 0 Å². The van der Waals surface area contributed by atoms with Gasteiger partial charge in [0.25, 0.3) is 0 Å². The number of hydrogen-bond donors (Lipinski definition) is 1. The topological polar surface area (TPSA) is 38.5 Å². The molecule has 1 aromatic carbocycles. The highest BCUT2D eigenvalue weighted by Crippen LogP contribution is 2.19. The zero-order valence-electron chi connectivity index (χ0n) is 13.7. The van der Waals surface area contributed by atoms with Gasteiger partial charge in [-0.15, -0.1) is 0 Å². The van der Waals surface area contributed by atoms with E-state index in [1.165, 1.54) is 11.1 Å². The molecule has 20 heavy (non-hydrogen) atoms. The van der Waals surface area contributed by atoms with E-state index < -0.39 is 0 Å². The lowest BCUT2D eigenvalue weighted by molar-refractivity contribution is 0.160. The molecule has 0 spiro atoms. The highest BCUT2D eigenvalue weighted by molar-refractivity contribution is 5.35. The van der Waals surface area contributed by atoms with Gasteiger partial charge in [0, 0.05) is 13.1 Å². The van der Waals surface area contributed by atoms with E-state index in [0.29, 0.717) is 6.54 Å².